The Morgan fingerprint density at radius 1 is 1.03 bits per heavy atom. The van der Waals surface area contributed by atoms with Crippen LogP contribution in [0.3, 0.4) is 0 Å². The number of nitrogens with zero attached hydrogens (tertiary/aromatic N) is 4. The molecule has 2 heterocycles. The minimum absolute atomic E-state index is 0.0634. The van der Waals surface area contributed by atoms with Crippen molar-refractivity contribution in [3.05, 3.63) is 70.6 Å². The maximum atomic E-state index is 14.1. The smallest absolute Gasteiger partial charge is 0.372 e. The molecule has 35 heavy (non-hydrogen) atoms. The Morgan fingerprint density at radius 3 is 2.37 bits per heavy atom. The SMILES string of the molecule is CCN(CC)c1ccc(Nc2nc(-c3ccc(-n4cnc(C)c4)cc3C(F)(F)F)c(C)s2)c(C)c1. The number of rotatable bonds is 7. The standard InChI is InChI=1S/C26H28F3N5S/c1-6-33(7-2)19-9-11-23(16(3)12-19)31-25-32-24(18(5)35-25)21-10-8-20(13-22(21)26(27,28)29)34-14-17(4)30-15-34/h8-15H,6-7H2,1-5H3,(H,31,32). The number of halogens is 3. The lowest BCUT2D eigenvalue weighted by molar-refractivity contribution is -0.137. The van der Waals surface area contributed by atoms with E-state index in [-0.39, 0.29) is 5.56 Å². The summed E-state index contributed by atoms with van der Waals surface area (Å²) in [5, 5.41) is 3.85. The molecule has 5 nitrogen and oxygen atoms in total. The quantitative estimate of drug-likeness (QED) is 0.285. The molecule has 4 aromatic rings. The van der Waals surface area contributed by atoms with Gasteiger partial charge in [0.1, 0.15) is 0 Å². The summed E-state index contributed by atoms with van der Waals surface area (Å²) in [6.45, 7) is 11.7. The predicted molar refractivity (Wildman–Crippen MR) is 137 cm³/mol. The van der Waals surface area contributed by atoms with E-state index in [9.17, 15) is 13.2 Å². The van der Waals surface area contributed by atoms with Crippen molar-refractivity contribution < 1.29 is 13.2 Å². The Kier molecular flexibility index (Phi) is 6.89. The largest absolute Gasteiger partial charge is 0.417 e. The lowest BCUT2D eigenvalue weighted by atomic mass is 10.0. The maximum Gasteiger partial charge on any atom is 0.417 e. The van der Waals surface area contributed by atoms with Crippen LogP contribution in [0.15, 0.2) is 48.9 Å². The molecule has 9 heteroatoms. The lowest BCUT2D eigenvalue weighted by Crippen LogP contribution is -2.21. The molecule has 4 rings (SSSR count). The molecule has 0 aliphatic carbocycles. The van der Waals surface area contributed by atoms with Gasteiger partial charge in [-0.3, -0.25) is 0 Å². The average Bonchev–Trinajstić information content (AvgIpc) is 3.40. The number of anilines is 3. The molecular weight excluding hydrogens is 471 g/mol. The minimum atomic E-state index is -4.53. The van der Waals surface area contributed by atoms with Crippen molar-refractivity contribution in [1.29, 1.82) is 0 Å². The summed E-state index contributed by atoms with van der Waals surface area (Å²) in [7, 11) is 0. The zero-order valence-corrected chi connectivity index (χ0v) is 21.2. The molecule has 0 aliphatic rings. The number of aryl methyl sites for hydroxylation is 3. The first kappa shape index (κ1) is 24.8. The normalized spacial score (nSPS) is 11.7. The molecule has 0 saturated heterocycles. The van der Waals surface area contributed by atoms with Crippen LogP contribution in [0.4, 0.5) is 29.7 Å². The molecule has 0 atom stereocenters. The fourth-order valence-electron chi connectivity index (χ4n) is 4.08. The van der Waals surface area contributed by atoms with Crippen LogP contribution in [0.1, 0.15) is 35.5 Å². The Bertz CT molecular complexity index is 1340. The topological polar surface area (TPSA) is 46.0 Å². The molecule has 184 valence electrons. The van der Waals surface area contributed by atoms with Crippen molar-refractivity contribution >= 4 is 27.8 Å². The van der Waals surface area contributed by atoms with Crippen molar-refractivity contribution in [1.82, 2.24) is 14.5 Å². The second-order valence-electron chi connectivity index (χ2n) is 8.37. The van der Waals surface area contributed by atoms with Gasteiger partial charge >= 0.3 is 6.18 Å². The molecule has 0 saturated carbocycles. The van der Waals surface area contributed by atoms with Crippen LogP contribution in [0.25, 0.3) is 16.9 Å². The third-order valence-corrected chi connectivity index (χ3v) is 6.84. The van der Waals surface area contributed by atoms with Crippen molar-refractivity contribution in [3.8, 4) is 16.9 Å². The average molecular weight is 500 g/mol. The van der Waals surface area contributed by atoms with Crippen molar-refractivity contribution in [2.75, 3.05) is 23.3 Å². The van der Waals surface area contributed by atoms with Crippen molar-refractivity contribution in [2.24, 2.45) is 0 Å². The van der Waals surface area contributed by atoms with Crippen molar-refractivity contribution in [3.63, 3.8) is 0 Å². The fourth-order valence-corrected chi connectivity index (χ4v) is 4.93. The second-order valence-corrected chi connectivity index (χ2v) is 9.57. The van der Waals surface area contributed by atoms with E-state index in [4.69, 9.17) is 0 Å². The summed E-state index contributed by atoms with van der Waals surface area (Å²) in [6, 6.07) is 10.4. The molecule has 0 unspecified atom stereocenters. The van der Waals surface area contributed by atoms with Gasteiger partial charge in [0.25, 0.3) is 0 Å². The van der Waals surface area contributed by atoms with Crippen LogP contribution in [0.5, 0.6) is 0 Å². The number of thiazole rings is 1. The fraction of sp³-hybridized carbons (Fsp3) is 0.308. The summed E-state index contributed by atoms with van der Waals surface area (Å²) < 4.78 is 43.8. The maximum absolute atomic E-state index is 14.1. The number of imidazole rings is 1. The van der Waals surface area contributed by atoms with Crippen LogP contribution in [0, 0.1) is 20.8 Å². The van der Waals surface area contributed by atoms with Crippen LogP contribution in [0.2, 0.25) is 0 Å². The number of alkyl halides is 3. The molecule has 0 spiro atoms. The zero-order chi connectivity index (χ0) is 25.3. The summed E-state index contributed by atoms with van der Waals surface area (Å²) in [6.07, 6.45) is -1.32. The van der Waals surface area contributed by atoms with Gasteiger partial charge in [-0.05, 0) is 70.5 Å². The third kappa shape index (κ3) is 5.19. The second kappa shape index (κ2) is 9.73. The number of aromatic nitrogens is 3. The first-order valence-electron chi connectivity index (χ1n) is 11.4. The van der Waals surface area contributed by atoms with Gasteiger partial charge in [-0.15, -0.1) is 11.3 Å². The van der Waals surface area contributed by atoms with Gasteiger partial charge < -0.3 is 14.8 Å². The Morgan fingerprint density at radius 2 is 1.77 bits per heavy atom. The van der Waals surface area contributed by atoms with Gasteiger partial charge in [-0.25, -0.2) is 9.97 Å². The highest BCUT2D eigenvalue weighted by Gasteiger charge is 2.35. The van der Waals surface area contributed by atoms with Gasteiger partial charge in [-0.1, -0.05) is 6.07 Å². The predicted octanol–water partition coefficient (Wildman–Crippen LogP) is 7.53. The number of nitrogens with one attached hydrogen (secondary N) is 1. The van der Waals surface area contributed by atoms with Crippen LogP contribution in [-0.4, -0.2) is 27.6 Å². The van der Waals surface area contributed by atoms with E-state index < -0.39 is 11.7 Å². The first-order valence-corrected chi connectivity index (χ1v) is 12.2. The molecule has 0 amide bonds. The van der Waals surface area contributed by atoms with Gasteiger partial charge in [0.05, 0.1) is 23.3 Å². The van der Waals surface area contributed by atoms with Crippen molar-refractivity contribution in [2.45, 2.75) is 40.8 Å². The zero-order valence-electron chi connectivity index (χ0n) is 20.4. The van der Waals surface area contributed by atoms with E-state index in [1.54, 1.807) is 30.7 Å². The first-order chi connectivity index (χ1) is 16.6. The Hall–Kier alpha value is -3.33. The summed E-state index contributed by atoms with van der Waals surface area (Å²) >= 11 is 1.34. The summed E-state index contributed by atoms with van der Waals surface area (Å²) in [5.41, 5.74) is 3.86. The Balaban J connectivity index is 1.68. The molecule has 0 fully saturated rings. The van der Waals surface area contributed by atoms with Gasteiger partial charge in [0.2, 0.25) is 0 Å². The third-order valence-electron chi connectivity index (χ3n) is 5.95. The van der Waals surface area contributed by atoms with Gasteiger partial charge in [0.15, 0.2) is 5.13 Å². The van der Waals surface area contributed by atoms with E-state index in [0.717, 1.165) is 41.8 Å². The number of benzene rings is 2. The molecule has 2 aromatic heterocycles. The summed E-state index contributed by atoms with van der Waals surface area (Å²) in [5.74, 6) is 0. The van der Waals surface area contributed by atoms with Gasteiger partial charge in [-0.2, -0.15) is 13.2 Å². The van der Waals surface area contributed by atoms with E-state index >= 15 is 0 Å². The van der Waals surface area contributed by atoms with Gasteiger partial charge in [0, 0.05) is 46.8 Å². The highest BCUT2D eigenvalue weighted by molar-refractivity contribution is 7.16. The molecule has 0 bridgehead atoms. The van der Waals surface area contributed by atoms with Crippen LogP contribution in [-0.2, 0) is 6.18 Å². The van der Waals surface area contributed by atoms with E-state index in [0.29, 0.717) is 21.4 Å². The molecule has 2 aromatic carbocycles. The molecule has 1 N–H and O–H groups in total. The Labute approximate surface area is 207 Å². The van der Waals surface area contributed by atoms with E-state index in [2.05, 4.69) is 40.1 Å². The van der Waals surface area contributed by atoms with E-state index in [1.165, 1.54) is 23.7 Å². The van der Waals surface area contributed by atoms with Crippen LogP contribution < -0.4 is 10.2 Å². The molecule has 0 radical (unpaired) electrons. The van der Waals surface area contributed by atoms with E-state index in [1.807, 2.05) is 19.1 Å². The highest BCUT2D eigenvalue weighted by Crippen LogP contribution is 2.41. The monoisotopic (exact) mass is 499 g/mol. The lowest BCUT2D eigenvalue weighted by Gasteiger charge is -2.22. The number of hydrogen-bond donors (Lipinski definition) is 1. The summed E-state index contributed by atoms with van der Waals surface area (Å²) in [4.78, 5) is 11.6. The minimum Gasteiger partial charge on any atom is -0.372 e. The molecule has 0 aliphatic heterocycles. The highest BCUT2D eigenvalue weighted by atomic mass is 32.1. The molecular formula is C26H28F3N5S. The van der Waals surface area contributed by atoms with Crippen LogP contribution >= 0.6 is 11.3 Å². The number of hydrogen-bond acceptors (Lipinski definition) is 5.